The van der Waals surface area contributed by atoms with Crippen LogP contribution >= 0.6 is 0 Å². The van der Waals surface area contributed by atoms with E-state index in [0.29, 0.717) is 24.2 Å². The van der Waals surface area contributed by atoms with Crippen molar-refractivity contribution in [3.05, 3.63) is 72.5 Å². The van der Waals surface area contributed by atoms with Gasteiger partial charge in [0.25, 0.3) is 15.9 Å². The zero-order valence-electron chi connectivity index (χ0n) is 21.6. The predicted octanol–water partition coefficient (Wildman–Crippen LogP) is 1.66. The number of hydrogen-bond donors (Lipinski definition) is 1. The van der Waals surface area contributed by atoms with E-state index >= 15 is 0 Å². The van der Waals surface area contributed by atoms with E-state index in [4.69, 9.17) is 4.42 Å². The Bertz CT molecular complexity index is 1520. The van der Waals surface area contributed by atoms with E-state index in [9.17, 15) is 27.6 Å². The minimum atomic E-state index is -4.54. The van der Waals surface area contributed by atoms with Gasteiger partial charge in [-0.1, -0.05) is 31.5 Å². The van der Waals surface area contributed by atoms with E-state index in [1.807, 2.05) is 6.92 Å². The molecule has 0 aliphatic carbocycles. The molecule has 3 unspecified atom stereocenters. The molecule has 0 saturated carbocycles. The molecular formula is C27H27N5O7S. The highest BCUT2D eigenvalue weighted by Crippen LogP contribution is 2.33. The first-order valence-electron chi connectivity index (χ1n) is 12.8. The van der Waals surface area contributed by atoms with Crippen LogP contribution in [-0.4, -0.2) is 81.5 Å². The summed E-state index contributed by atoms with van der Waals surface area (Å²) in [6.07, 6.45) is 5.26. The van der Waals surface area contributed by atoms with Crippen LogP contribution in [0.3, 0.4) is 0 Å². The number of amides is 2. The summed E-state index contributed by atoms with van der Waals surface area (Å²) in [5.74, 6) is -0.856. The van der Waals surface area contributed by atoms with Gasteiger partial charge in [-0.2, -0.15) is 4.31 Å². The molecule has 0 bridgehead atoms. The molecule has 2 fully saturated rings. The van der Waals surface area contributed by atoms with Gasteiger partial charge < -0.3 is 14.6 Å². The summed E-state index contributed by atoms with van der Waals surface area (Å²) in [5.41, 5.74) is 0.821. The van der Waals surface area contributed by atoms with Crippen molar-refractivity contribution in [1.82, 2.24) is 24.5 Å². The summed E-state index contributed by atoms with van der Waals surface area (Å²) in [5, 5.41) is 1.57. The van der Waals surface area contributed by atoms with Crippen LogP contribution in [0.15, 0.2) is 65.7 Å². The highest BCUT2D eigenvalue weighted by molar-refractivity contribution is 8.04. The molecule has 40 heavy (non-hydrogen) atoms. The van der Waals surface area contributed by atoms with Crippen LogP contribution < -0.4 is 5.32 Å². The van der Waals surface area contributed by atoms with Crippen molar-refractivity contribution >= 4 is 32.7 Å². The molecule has 12 nitrogen and oxygen atoms in total. The van der Waals surface area contributed by atoms with Crippen molar-refractivity contribution in [3.63, 3.8) is 0 Å². The van der Waals surface area contributed by atoms with Crippen LogP contribution in [0.25, 0.3) is 11.3 Å². The van der Waals surface area contributed by atoms with E-state index in [1.54, 1.807) is 36.5 Å². The summed E-state index contributed by atoms with van der Waals surface area (Å²) >= 11 is 0. The maximum Gasteiger partial charge on any atom is 0.310 e. The third-order valence-electron chi connectivity index (χ3n) is 7.12. The number of carbonyl (C=O) groups is 4. The maximum absolute atomic E-state index is 13.6. The van der Waals surface area contributed by atoms with Crippen molar-refractivity contribution in [2.24, 2.45) is 0 Å². The monoisotopic (exact) mass is 565 g/mol. The Morgan fingerprint density at radius 1 is 1.15 bits per heavy atom. The van der Waals surface area contributed by atoms with Crippen LogP contribution in [0.2, 0.25) is 0 Å². The average molecular weight is 566 g/mol. The summed E-state index contributed by atoms with van der Waals surface area (Å²) in [6, 6.07) is 8.15. The Hall–Kier alpha value is -4.23. The molecule has 208 valence electrons. The second-order valence-electron chi connectivity index (χ2n) is 9.61. The fourth-order valence-corrected chi connectivity index (χ4v) is 6.67. The zero-order valence-corrected chi connectivity index (χ0v) is 22.4. The summed E-state index contributed by atoms with van der Waals surface area (Å²) in [7, 11) is -4.54. The molecule has 0 spiro atoms. The molecule has 2 aliphatic rings. The van der Waals surface area contributed by atoms with Crippen molar-refractivity contribution in [1.29, 1.82) is 0 Å². The zero-order chi connectivity index (χ0) is 28.4. The largest absolute Gasteiger partial charge is 0.444 e. The number of likely N-dealkylation sites (tertiary alicyclic amines) is 1. The van der Waals surface area contributed by atoms with Crippen molar-refractivity contribution in [2.45, 2.75) is 44.3 Å². The van der Waals surface area contributed by atoms with E-state index < -0.39 is 57.4 Å². The predicted molar refractivity (Wildman–Crippen MR) is 141 cm³/mol. The molecule has 0 radical (unpaired) electrons. The number of benzene rings is 1. The highest BCUT2D eigenvalue weighted by atomic mass is 32.2. The minimum absolute atomic E-state index is 0.117. The number of nitrogens with one attached hydrogen (secondary N) is 1. The first-order valence-corrected chi connectivity index (χ1v) is 14.3. The molecule has 2 aliphatic heterocycles. The van der Waals surface area contributed by atoms with Crippen LogP contribution in [0.5, 0.6) is 0 Å². The van der Waals surface area contributed by atoms with Gasteiger partial charge in [-0.25, -0.2) is 13.4 Å². The fraction of sp³-hybridized carbons (Fsp3) is 0.333. The average Bonchev–Trinajstić information content (AvgIpc) is 3.72. The molecule has 4 heterocycles. The van der Waals surface area contributed by atoms with E-state index in [1.165, 1.54) is 29.6 Å². The van der Waals surface area contributed by atoms with Crippen molar-refractivity contribution < 1.29 is 32.0 Å². The molecule has 1 N–H and O–H groups in total. The highest BCUT2D eigenvalue weighted by Gasteiger charge is 2.55. The van der Waals surface area contributed by atoms with Gasteiger partial charge in [-0.05, 0) is 37.1 Å². The van der Waals surface area contributed by atoms with E-state index in [0.717, 1.165) is 9.87 Å². The Morgan fingerprint density at radius 3 is 2.58 bits per heavy atom. The normalized spacial score (nSPS) is 19.8. The van der Waals surface area contributed by atoms with Gasteiger partial charge >= 0.3 is 5.12 Å². The smallest absolute Gasteiger partial charge is 0.310 e. The molecule has 1 aromatic carbocycles. The van der Waals surface area contributed by atoms with Crippen LogP contribution in [0, 0.1) is 0 Å². The van der Waals surface area contributed by atoms with Gasteiger partial charge in [-0.3, -0.25) is 24.2 Å². The number of Topliss-reactive ketones (excluding diaryl/α,β-unsaturated/α-hetero) is 1. The van der Waals surface area contributed by atoms with Gasteiger partial charge in [0.05, 0.1) is 18.8 Å². The summed E-state index contributed by atoms with van der Waals surface area (Å²) in [6.45, 7) is 1.47. The molecule has 3 aromatic rings. The quantitative estimate of drug-likeness (QED) is 0.428. The molecule has 2 aromatic heterocycles. The topological polar surface area (TPSA) is 160 Å². The Morgan fingerprint density at radius 2 is 1.93 bits per heavy atom. The number of rotatable bonds is 8. The Labute approximate surface area is 230 Å². The molecule has 5 rings (SSSR count). The number of nitrogens with zero attached hydrogens (tertiary/aromatic N) is 4. The number of sulfonamides is 1. The van der Waals surface area contributed by atoms with Gasteiger partial charge in [0.15, 0.2) is 17.9 Å². The van der Waals surface area contributed by atoms with Gasteiger partial charge in [-0.15, -0.1) is 0 Å². The maximum atomic E-state index is 13.6. The van der Waals surface area contributed by atoms with Gasteiger partial charge in [0.1, 0.15) is 17.8 Å². The standard InChI is InChI=1S/C27H27N5O7S/c1-2-5-19(30-25(34)18-9-7-17(8-10-18)23-14-28-16-39-23)26(35)31-13-11-21-24(31)22(33)15-32(21)40(37,38)27(36)20-6-3-4-12-29-20/h3-4,6-10,12,14,16,19,21,24H,2,5,11,13,15H2,1H3,(H,30,34). The lowest BCUT2D eigenvalue weighted by Gasteiger charge is -2.28. The third-order valence-corrected chi connectivity index (χ3v) is 8.82. The number of carbonyl (C=O) groups excluding carboxylic acids is 4. The number of oxazole rings is 1. The lowest BCUT2D eigenvalue weighted by atomic mass is 10.1. The molecule has 2 saturated heterocycles. The van der Waals surface area contributed by atoms with Gasteiger partial charge in [0.2, 0.25) is 5.91 Å². The Kier molecular flexibility index (Phi) is 7.59. The van der Waals surface area contributed by atoms with Crippen LogP contribution in [-0.2, 0) is 19.6 Å². The molecule has 3 atom stereocenters. The number of aromatic nitrogens is 2. The fourth-order valence-electron chi connectivity index (χ4n) is 5.19. The molecular weight excluding hydrogens is 538 g/mol. The summed E-state index contributed by atoms with van der Waals surface area (Å²) < 4.78 is 32.4. The lowest BCUT2D eigenvalue weighted by Crippen LogP contribution is -2.52. The Balaban J connectivity index is 1.30. The second-order valence-corrected chi connectivity index (χ2v) is 11.4. The lowest BCUT2D eigenvalue weighted by molar-refractivity contribution is -0.138. The number of pyridine rings is 1. The van der Waals surface area contributed by atoms with E-state index in [-0.39, 0.29) is 18.7 Å². The van der Waals surface area contributed by atoms with E-state index in [2.05, 4.69) is 15.3 Å². The van der Waals surface area contributed by atoms with Gasteiger partial charge in [0, 0.05) is 23.9 Å². The first-order chi connectivity index (χ1) is 19.2. The second kappa shape index (κ2) is 11.1. The number of ketones is 1. The third kappa shape index (κ3) is 5.05. The SMILES string of the molecule is CCCC(NC(=O)c1ccc(-c2cnco2)cc1)C(=O)N1CCC2C1C(=O)CN2S(=O)(=O)C(=O)c1ccccn1. The molecule has 2 amide bonds. The number of fused-ring (bicyclic) bond motifs is 1. The molecule has 13 heteroatoms. The van der Waals surface area contributed by atoms with Crippen LogP contribution in [0.4, 0.5) is 0 Å². The minimum Gasteiger partial charge on any atom is -0.444 e. The van der Waals surface area contributed by atoms with Crippen LogP contribution in [0.1, 0.15) is 47.0 Å². The number of hydrogen-bond acceptors (Lipinski definition) is 9. The van der Waals surface area contributed by atoms with Crippen molar-refractivity contribution in [3.8, 4) is 11.3 Å². The first kappa shape index (κ1) is 27.3. The summed E-state index contributed by atoms with van der Waals surface area (Å²) in [4.78, 5) is 61.4. The van der Waals surface area contributed by atoms with Crippen molar-refractivity contribution in [2.75, 3.05) is 13.1 Å².